The predicted octanol–water partition coefficient (Wildman–Crippen LogP) is 4.62. The highest BCUT2D eigenvalue weighted by Crippen LogP contribution is 2.26. The maximum absolute atomic E-state index is 12.8. The van der Waals surface area contributed by atoms with Gasteiger partial charge in [-0.1, -0.05) is 6.92 Å². The molecule has 1 aromatic carbocycles. The predicted molar refractivity (Wildman–Crippen MR) is 72.1 cm³/mol. The Morgan fingerprint density at radius 3 is 2.47 bits per heavy atom. The Bertz CT molecular complexity index is 475. The van der Waals surface area contributed by atoms with Gasteiger partial charge in [-0.25, -0.2) is 4.39 Å². The lowest BCUT2D eigenvalue weighted by molar-refractivity contribution is 0.628. The molecular formula is C14H16FNS. The number of hydrogen-bond donors (Lipinski definition) is 1. The first-order chi connectivity index (χ1) is 8.19. The number of nitrogens with one attached hydrogen (secondary N) is 1. The summed E-state index contributed by atoms with van der Waals surface area (Å²) in [6.45, 7) is 4.28. The first-order valence-corrected chi connectivity index (χ1v) is 6.61. The topological polar surface area (TPSA) is 12.0 Å². The second-order valence-electron chi connectivity index (χ2n) is 4.03. The molecule has 0 radical (unpaired) electrons. The van der Waals surface area contributed by atoms with Crippen molar-refractivity contribution in [2.24, 2.45) is 0 Å². The SMILES string of the molecule is CCc1ccc(C(C)Nc2ccc(F)cc2)s1. The molecule has 1 heterocycles. The normalized spacial score (nSPS) is 12.4. The highest BCUT2D eigenvalue weighted by molar-refractivity contribution is 7.12. The molecule has 90 valence electrons. The average Bonchev–Trinajstić information content (AvgIpc) is 2.81. The molecule has 1 unspecified atom stereocenters. The van der Waals surface area contributed by atoms with E-state index in [-0.39, 0.29) is 11.9 Å². The van der Waals surface area contributed by atoms with Gasteiger partial charge in [-0.3, -0.25) is 0 Å². The molecule has 0 aliphatic carbocycles. The second kappa shape index (κ2) is 5.32. The molecule has 3 heteroatoms. The fourth-order valence-electron chi connectivity index (χ4n) is 1.68. The fourth-order valence-corrected chi connectivity index (χ4v) is 2.64. The molecule has 1 aromatic heterocycles. The summed E-state index contributed by atoms with van der Waals surface area (Å²) >= 11 is 1.83. The summed E-state index contributed by atoms with van der Waals surface area (Å²) in [7, 11) is 0. The molecule has 17 heavy (non-hydrogen) atoms. The van der Waals surface area contributed by atoms with Crippen LogP contribution in [-0.2, 0) is 6.42 Å². The van der Waals surface area contributed by atoms with E-state index in [9.17, 15) is 4.39 Å². The van der Waals surface area contributed by atoms with Crippen LogP contribution in [0.25, 0.3) is 0 Å². The Balaban J connectivity index is 2.05. The first kappa shape index (κ1) is 12.1. The van der Waals surface area contributed by atoms with E-state index in [0.717, 1.165) is 12.1 Å². The molecule has 0 aliphatic rings. The van der Waals surface area contributed by atoms with Gasteiger partial charge in [0, 0.05) is 15.4 Å². The lowest BCUT2D eigenvalue weighted by Crippen LogP contribution is -2.04. The zero-order valence-corrected chi connectivity index (χ0v) is 10.9. The van der Waals surface area contributed by atoms with Crippen LogP contribution in [0.5, 0.6) is 0 Å². The van der Waals surface area contributed by atoms with E-state index in [0.29, 0.717) is 0 Å². The number of halogens is 1. The summed E-state index contributed by atoms with van der Waals surface area (Å²) < 4.78 is 12.8. The van der Waals surface area contributed by atoms with Crippen LogP contribution < -0.4 is 5.32 Å². The zero-order valence-electron chi connectivity index (χ0n) is 10.0. The Morgan fingerprint density at radius 2 is 1.88 bits per heavy atom. The van der Waals surface area contributed by atoms with E-state index in [4.69, 9.17) is 0 Å². The fraction of sp³-hybridized carbons (Fsp3) is 0.286. The molecular weight excluding hydrogens is 233 g/mol. The summed E-state index contributed by atoms with van der Waals surface area (Å²) in [5, 5.41) is 3.37. The number of hydrogen-bond acceptors (Lipinski definition) is 2. The van der Waals surface area contributed by atoms with E-state index in [1.54, 1.807) is 12.1 Å². The standard InChI is InChI=1S/C14H16FNS/c1-3-13-8-9-14(17-13)10(2)16-12-6-4-11(15)5-7-12/h4-10,16H,3H2,1-2H3. The third-order valence-corrected chi connectivity index (χ3v) is 4.10. The molecule has 0 saturated carbocycles. The lowest BCUT2D eigenvalue weighted by Gasteiger charge is -2.13. The van der Waals surface area contributed by atoms with Crippen LogP contribution in [-0.4, -0.2) is 0 Å². The average molecular weight is 249 g/mol. The van der Waals surface area contributed by atoms with Gasteiger partial charge >= 0.3 is 0 Å². The number of aryl methyl sites for hydroxylation is 1. The monoisotopic (exact) mass is 249 g/mol. The van der Waals surface area contributed by atoms with Crippen LogP contribution in [0.15, 0.2) is 36.4 Å². The van der Waals surface area contributed by atoms with Crippen LogP contribution in [0.4, 0.5) is 10.1 Å². The van der Waals surface area contributed by atoms with Crippen molar-refractivity contribution in [3.05, 3.63) is 52.0 Å². The summed E-state index contributed by atoms with van der Waals surface area (Å²) in [6, 6.07) is 11.1. The Hall–Kier alpha value is -1.35. The summed E-state index contributed by atoms with van der Waals surface area (Å²) in [4.78, 5) is 2.71. The van der Waals surface area contributed by atoms with Crippen LogP contribution in [0, 0.1) is 5.82 Å². The zero-order chi connectivity index (χ0) is 12.3. The number of benzene rings is 1. The Morgan fingerprint density at radius 1 is 1.18 bits per heavy atom. The van der Waals surface area contributed by atoms with E-state index in [1.807, 2.05) is 11.3 Å². The van der Waals surface area contributed by atoms with Crippen LogP contribution in [0.3, 0.4) is 0 Å². The maximum Gasteiger partial charge on any atom is 0.123 e. The molecule has 0 aliphatic heterocycles. The molecule has 0 amide bonds. The van der Waals surface area contributed by atoms with Crippen molar-refractivity contribution >= 4 is 17.0 Å². The molecule has 2 aromatic rings. The van der Waals surface area contributed by atoms with Crippen molar-refractivity contribution in [2.45, 2.75) is 26.3 Å². The summed E-state index contributed by atoms with van der Waals surface area (Å²) in [6.07, 6.45) is 1.08. The molecule has 0 bridgehead atoms. The lowest BCUT2D eigenvalue weighted by atomic mass is 10.2. The molecule has 0 spiro atoms. The van der Waals surface area contributed by atoms with Crippen LogP contribution in [0.2, 0.25) is 0 Å². The van der Waals surface area contributed by atoms with Crippen molar-refractivity contribution in [3.8, 4) is 0 Å². The van der Waals surface area contributed by atoms with Crippen molar-refractivity contribution in [3.63, 3.8) is 0 Å². The number of rotatable bonds is 4. The third kappa shape index (κ3) is 3.07. The van der Waals surface area contributed by atoms with Gasteiger partial charge < -0.3 is 5.32 Å². The van der Waals surface area contributed by atoms with Gasteiger partial charge in [0.25, 0.3) is 0 Å². The Labute approximate surface area is 105 Å². The van der Waals surface area contributed by atoms with Crippen molar-refractivity contribution in [2.75, 3.05) is 5.32 Å². The van der Waals surface area contributed by atoms with E-state index in [1.165, 1.54) is 21.9 Å². The molecule has 1 atom stereocenters. The smallest absolute Gasteiger partial charge is 0.123 e. The van der Waals surface area contributed by atoms with Gasteiger partial charge in [-0.05, 0) is 49.7 Å². The molecule has 1 N–H and O–H groups in total. The van der Waals surface area contributed by atoms with Crippen LogP contribution >= 0.6 is 11.3 Å². The minimum absolute atomic E-state index is 0.201. The van der Waals surface area contributed by atoms with Gasteiger partial charge in [0.05, 0.1) is 6.04 Å². The summed E-state index contributed by atoms with van der Waals surface area (Å²) in [5.41, 5.74) is 0.949. The quantitative estimate of drug-likeness (QED) is 0.833. The number of anilines is 1. The molecule has 2 rings (SSSR count). The minimum atomic E-state index is -0.201. The van der Waals surface area contributed by atoms with Gasteiger partial charge in [0.1, 0.15) is 5.82 Å². The van der Waals surface area contributed by atoms with Gasteiger partial charge in [-0.2, -0.15) is 0 Å². The second-order valence-corrected chi connectivity index (χ2v) is 5.23. The third-order valence-electron chi connectivity index (χ3n) is 2.69. The molecule has 0 saturated heterocycles. The first-order valence-electron chi connectivity index (χ1n) is 5.79. The van der Waals surface area contributed by atoms with E-state index >= 15 is 0 Å². The number of thiophene rings is 1. The minimum Gasteiger partial charge on any atom is -0.378 e. The van der Waals surface area contributed by atoms with Gasteiger partial charge in [0.2, 0.25) is 0 Å². The van der Waals surface area contributed by atoms with Crippen LogP contribution in [0.1, 0.15) is 29.6 Å². The maximum atomic E-state index is 12.8. The highest BCUT2D eigenvalue weighted by Gasteiger charge is 2.07. The van der Waals surface area contributed by atoms with Gasteiger partial charge in [0.15, 0.2) is 0 Å². The highest BCUT2D eigenvalue weighted by atomic mass is 32.1. The molecule has 1 nitrogen and oxygen atoms in total. The van der Waals surface area contributed by atoms with E-state index in [2.05, 4.69) is 31.3 Å². The van der Waals surface area contributed by atoms with E-state index < -0.39 is 0 Å². The Kier molecular flexibility index (Phi) is 3.79. The van der Waals surface area contributed by atoms with Gasteiger partial charge in [-0.15, -0.1) is 11.3 Å². The van der Waals surface area contributed by atoms with Crippen molar-refractivity contribution < 1.29 is 4.39 Å². The van der Waals surface area contributed by atoms with Crippen molar-refractivity contribution in [1.29, 1.82) is 0 Å². The van der Waals surface area contributed by atoms with Crippen molar-refractivity contribution in [1.82, 2.24) is 0 Å². The largest absolute Gasteiger partial charge is 0.378 e. The summed E-state index contributed by atoms with van der Waals surface area (Å²) in [5.74, 6) is -0.201. The molecule has 0 fully saturated rings.